The first-order chi connectivity index (χ1) is 10.8. The molecule has 0 amide bonds. The molecule has 2 aromatic rings. The van der Waals surface area contributed by atoms with E-state index in [1.807, 2.05) is 58.0 Å². The summed E-state index contributed by atoms with van der Waals surface area (Å²) in [4.78, 5) is 10.7. The number of benzene rings is 2. The second-order valence-electron chi connectivity index (χ2n) is 3.80. The fourth-order valence-corrected chi connectivity index (χ4v) is 1.61. The second-order valence-corrected chi connectivity index (χ2v) is 3.80. The molecule has 0 aliphatic carbocycles. The highest BCUT2D eigenvalue weighted by molar-refractivity contribution is 5.76. The average Bonchev–Trinajstić information content (AvgIpc) is 2.64. The van der Waals surface area contributed by atoms with Crippen molar-refractivity contribution in [2.45, 2.75) is 34.3 Å². The summed E-state index contributed by atoms with van der Waals surface area (Å²) in [5, 5.41) is 0. The first-order valence-corrected chi connectivity index (χ1v) is 7.63. The molecule has 0 heterocycles. The number of ether oxygens (including phenoxy) is 2. The maximum Gasteiger partial charge on any atom is 0.162 e. The molecule has 0 aliphatic rings. The SMILES string of the molecule is CC.CC.COc1ccc(C=O)cc1OCc1ccccc1. The van der Waals surface area contributed by atoms with Crippen LogP contribution < -0.4 is 9.47 Å². The zero-order chi connectivity index (χ0) is 16.8. The molecule has 0 bridgehead atoms. The van der Waals surface area contributed by atoms with Gasteiger partial charge in [0.15, 0.2) is 11.5 Å². The van der Waals surface area contributed by atoms with Crippen molar-refractivity contribution in [2.24, 2.45) is 0 Å². The number of methoxy groups -OCH3 is 1. The quantitative estimate of drug-likeness (QED) is 0.717. The topological polar surface area (TPSA) is 35.5 Å². The van der Waals surface area contributed by atoms with Crippen molar-refractivity contribution in [3.63, 3.8) is 0 Å². The second kappa shape index (κ2) is 12.5. The van der Waals surface area contributed by atoms with Gasteiger partial charge in [-0.3, -0.25) is 4.79 Å². The Balaban J connectivity index is 0.00000102. The van der Waals surface area contributed by atoms with E-state index in [-0.39, 0.29) is 0 Å². The number of carbonyl (C=O) groups is 1. The maximum atomic E-state index is 10.7. The van der Waals surface area contributed by atoms with Crippen LogP contribution in [0.25, 0.3) is 0 Å². The summed E-state index contributed by atoms with van der Waals surface area (Å²) >= 11 is 0. The Hall–Kier alpha value is -2.29. The summed E-state index contributed by atoms with van der Waals surface area (Å²) in [5.74, 6) is 1.20. The normalized spacial score (nSPS) is 8.59. The third kappa shape index (κ3) is 6.44. The molecule has 0 radical (unpaired) electrons. The fourth-order valence-electron chi connectivity index (χ4n) is 1.61. The average molecular weight is 302 g/mol. The molecule has 3 heteroatoms. The maximum absolute atomic E-state index is 10.7. The Kier molecular flexibility index (Phi) is 11.2. The molecule has 120 valence electrons. The summed E-state index contributed by atoms with van der Waals surface area (Å²) in [6.45, 7) is 8.44. The van der Waals surface area contributed by atoms with Crippen LogP contribution in [0.2, 0.25) is 0 Å². The molecular weight excluding hydrogens is 276 g/mol. The molecule has 0 aromatic heterocycles. The van der Waals surface area contributed by atoms with Gasteiger partial charge in [-0.2, -0.15) is 0 Å². The van der Waals surface area contributed by atoms with Gasteiger partial charge in [-0.25, -0.2) is 0 Å². The van der Waals surface area contributed by atoms with Crippen molar-refractivity contribution < 1.29 is 14.3 Å². The molecule has 2 aromatic carbocycles. The van der Waals surface area contributed by atoms with Gasteiger partial charge in [0.05, 0.1) is 7.11 Å². The highest BCUT2D eigenvalue weighted by atomic mass is 16.5. The molecule has 0 aliphatic heterocycles. The van der Waals surface area contributed by atoms with Gasteiger partial charge in [-0.1, -0.05) is 58.0 Å². The molecule has 0 fully saturated rings. The van der Waals surface area contributed by atoms with Gasteiger partial charge in [0, 0.05) is 5.56 Å². The van der Waals surface area contributed by atoms with Crippen molar-refractivity contribution >= 4 is 6.29 Å². The lowest BCUT2D eigenvalue weighted by Gasteiger charge is -2.11. The van der Waals surface area contributed by atoms with Gasteiger partial charge < -0.3 is 9.47 Å². The largest absolute Gasteiger partial charge is 0.493 e. The van der Waals surface area contributed by atoms with Crippen LogP contribution in [0.1, 0.15) is 43.6 Å². The number of carbonyl (C=O) groups excluding carboxylic acids is 1. The molecule has 0 saturated heterocycles. The Morgan fingerprint density at radius 1 is 0.909 bits per heavy atom. The van der Waals surface area contributed by atoms with Crippen LogP contribution in [0.4, 0.5) is 0 Å². The van der Waals surface area contributed by atoms with E-state index in [1.54, 1.807) is 25.3 Å². The summed E-state index contributed by atoms with van der Waals surface area (Å²) in [6.07, 6.45) is 0.787. The summed E-state index contributed by atoms with van der Waals surface area (Å²) in [7, 11) is 1.57. The number of aldehydes is 1. The van der Waals surface area contributed by atoms with E-state index in [1.165, 1.54) is 0 Å². The summed E-state index contributed by atoms with van der Waals surface area (Å²) < 4.78 is 10.9. The highest BCUT2D eigenvalue weighted by Gasteiger charge is 2.05. The molecule has 0 unspecified atom stereocenters. The number of hydrogen-bond donors (Lipinski definition) is 0. The summed E-state index contributed by atoms with van der Waals surface area (Å²) in [6, 6.07) is 14.9. The van der Waals surface area contributed by atoms with Gasteiger partial charge >= 0.3 is 0 Å². The van der Waals surface area contributed by atoms with E-state index in [9.17, 15) is 4.79 Å². The Morgan fingerprint density at radius 2 is 1.55 bits per heavy atom. The van der Waals surface area contributed by atoms with Gasteiger partial charge in [0.2, 0.25) is 0 Å². The third-order valence-electron chi connectivity index (χ3n) is 2.56. The molecule has 2 rings (SSSR count). The minimum atomic E-state index is 0.444. The van der Waals surface area contributed by atoms with E-state index >= 15 is 0 Å². The molecule has 0 N–H and O–H groups in total. The first kappa shape index (κ1) is 19.7. The smallest absolute Gasteiger partial charge is 0.162 e. The standard InChI is InChI=1S/C15H14O3.2C2H6/c1-17-14-8-7-13(10-16)9-15(14)18-11-12-5-3-2-4-6-12;2*1-2/h2-10H,11H2,1H3;2*1-2H3. The fraction of sp³-hybridized carbons (Fsp3) is 0.316. The molecular formula is C19H26O3. The first-order valence-electron chi connectivity index (χ1n) is 7.63. The number of rotatable bonds is 5. The lowest BCUT2D eigenvalue weighted by Crippen LogP contribution is -1.98. The molecule has 3 nitrogen and oxygen atoms in total. The van der Waals surface area contributed by atoms with E-state index < -0.39 is 0 Å². The van der Waals surface area contributed by atoms with Gasteiger partial charge in [0.1, 0.15) is 12.9 Å². The Labute approximate surface area is 133 Å². The van der Waals surface area contributed by atoms with Crippen LogP contribution in [0.3, 0.4) is 0 Å². The van der Waals surface area contributed by atoms with Crippen LogP contribution in [-0.2, 0) is 6.61 Å². The van der Waals surface area contributed by atoms with Crippen LogP contribution in [-0.4, -0.2) is 13.4 Å². The van der Waals surface area contributed by atoms with Crippen molar-refractivity contribution in [3.05, 3.63) is 59.7 Å². The highest BCUT2D eigenvalue weighted by Crippen LogP contribution is 2.28. The van der Waals surface area contributed by atoms with Crippen molar-refractivity contribution in [2.75, 3.05) is 7.11 Å². The van der Waals surface area contributed by atoms with Crippen molar-refractivity contribution in [1.29, 1.82) is 0 Å². The minimum absolute atomic E-state index is 0.444. The van der Waals surface area contributed by atoms with E-state index in [4.69, 9.17) is 9.47 Å². The summed E-state index contributed by atoms with van der Waals surface area (Å²) in [5.41, 5.74) is 1.63. The van der Waals surface area contributed by atoms with E-state index in [2.05, 4.69) is 0 Å². The monoisotopic (exact) mass is 302 g/mol. The van der Waals surface area contributed by atoms with Gasteiger partial charge in [0.25, 0.3) is 0 Å². The zero-order valence-electron chi connectivity index (χ0n) is 14.1. The van der Waals surface area contributed by atoms with Crippen molar-refractivity contribution in [3.8, 4) is 11.5 Å². The zero-order valence-corrected chi connectivity index (χ0v) is 14.1. The predicted molar refractivity (Wildman–Crippen MR) is 91.9 cm³/mol. The molecule has 0 spiro atoms. The Bertz CT molecular complexity index is 521. The van der Waals surface area contributed by atoms with Crippen LogP contribution in [0, 0.1) is 0 Å². The van der Waals surface area contributed by atoms with Crippen LogP contribution in [0.5, 0.6) is 11.5 Å². The van der Waals surface area contributed by atoms with E-state index in [0.717, 1.165) is 11.8 Å². The van der Waals surface area contributed by atoms with Crippen molar-refractivity contribution in [1.82, 2.24) is 0 Å². The van der Waals surface area contributed by atoms with Crippen LogP contribution >= 0.6 is 0 Å². The Morgan fingerprint density at radius 3 is 2.09 bits per heavy atom. The molecule has 22 heavy (non-hydrogen) atoms. The van der Waals surface area contributed by atoms with Gasteiger partial charge in [-0.15, -0.1) is 0 Å². The third-order valence-corrected chi connectivity index (χ3v) is 2.56. The molecule has 0 atom stereocenters. The number of hydrogen-bond acceptors (Lipinski definition) is 3. The predicted octanol–water partition coefficient (Wildman–Crippen LogP) is 5.14. The lowest BCUT2D eigenvalue weighted by atomic mass is 10.2. The van der Waals surface area contributed by atoms with E-state index in [0.29, 0.717) is 23.7 Å². The molecule has 0 saturated carbocycles. The van der Waals surface area contributed by atoms with Gasteiger partial charge in [-0.05, 0) is 23.8 Å². The van der Waals surface area contributed by atoms with Crippen LogP contribution in [0.15, 0.2) is 48.5 Å². The minimum Gasteiger partial charge on any atom is -0.493 e. The lowest BCUT2D eigenvalue weighted by molar-refractivity contribution is 0.112.